The van der Waals surface area contributed by atoms with E-state index in [1.54, 1.807) is 4.90 Å². The highest BCUT2D eigenvalue weighted by Gasteiger charge is 2.34. The molecule has 1 saturated carbocycles. The molecule has 1 aromatic heterocycles. The Morgan fingerprint density at radius 2 is 1.79 bits per heavy atom. The van der Waals surface area contributed by atoms with Gasteiger partial charge in [-0.05, 0) is 65.2 Å². The molecule has 6 heteroatoms. The lowest BCUT2D eigenvalue weighted by molar-refractivity contribution is -0.120. The number of aryl methyl sites for hydroxylation is 2. The quantitative estimate of drug-likeness (QED) is 0.429. The molecule has 1 amide bonds. The van der Waals surface area contributed by atoms with Gasteiger partial charge in [-0.1, -0.05) is 29.5 Å². The third-order valence-corrected chi connectivity index (χ3v) is 6.63. The molecule has 174 valence electrons. The number of esters is 1. The van der Waals surface area contributed by atoms with Crippen LogP contribution in [0, 0.1) is 31.1 Å². The van der Waals surface area contributed by atoms with Crippen molar-refractivity contribution in [2.45, 2.75) is 66.3 Å². The van der Waals surface area contributed by atoms with Crippen LogP contribution in [0.5, 0.6) is 0 Å². The minimum Gasteiger partial charge on any atom is -0.465 e. The monoisotopic (exact) mass is 465 g/mol. The van der Waals surface area contributed by atoms with Crippen molar-refractivity contribution in [2.24, 2.45) is 5.41 Å². The molecule has 3 rings (SSSR count). The maximum atomic E-state index is 13.9. The number of anilines is 1. The Kier molecular flexibility index (Phi) is 7.44. The maximum Gasteiger partial charge on any atom is 0.350 e. The van der Waals surface area contributed by atoms with Gasteiger partial charge in [0.25, 0.3) is 5.91 Å². The molecular weight excluding hydrogens is 434 g/mol. The van der Waals surface area contributed by atoms with Gasteiger partial charge in [-0.25, -0.2) is 4.79 Å². The number of rotatable bonds is 4. The molecule has 0 bridgehead atoms. The molecule has 5 nitrogen and oxygen atoms in total. The lowest BCUT2D eigenvalue weighted by Gasteiger charge is -2.34. The number of ether oxygens (including phenoxy) is 1. The van der Waals surface area contributed by atoms with Crippen LogP contribution < -0.4 is 4.90 Å². The highest BCUT2D eigenvalue weighted by atomic mass is 32.1. The van der Waals surface area contributed by atoms with Gasteiger partial charge in [-0.15, -0.1) is 11.3 Å². The molecule has 1 aromatic carbocycles. The van der Waals surface area contributed by atoms with Crippen molar-refractivity contribution >= 4 is 34.7 Å². The maximum absolute atomic E-state index is 13.9. The van der Waals surface area contributed by atoms with Crippen molar-refractivity contribution in [3.05, 3.63) is 50.7 Å². The van der Waals surface area contributed by atoms with Crippen LogP contribution in [0.15, 0.2) is 24.3 Å². The Hall–Kier alpha value is -2.91. The number of hydrogen-bond donors (Lipinski definition) is 0. The van der Waals surface area contributed by atoms with Crippen molar-refractivity contribution in [3.63, 3.8) is 0 Å². The normalized spacial score (nSPS) is 14.4. The number of amides is 1. The number of carbonyl (C=O) groups is 3. The van der Waals surface area contributed by atoms with E-state index in [0.29, 0.717) is 46.7 Å². The summed E-state index contributed by atoms with van der Waals surface area (Å²) < 4.78 is 5.05. The molecule has 0 atom stereocenters. The lowest BCUT2D eigenvalue weighted by Crippen LogP contribution is -2.43. The zero-order valence-corrected chi connectivity index (χ0v) is 21.0. The summed E-state index contributed by atoms with van der Waals surface area (Å²) in [7, 11) is 1.34. The average Bonchev–Trinajstić information content (AvgIpc) is 3.16. The fraction of sp³-hybridized carbons (Fsp3) is 0.444. The Morgan fingerprint density at radius 1 is 1.12 bits per heavy atom. The number of nitrogens with zero attached hydrogens (tertiary/aromatic N) is 1. The van der Waals surface area contributed by atoms with Crippen molar-refractivity contribution in [3.8, 4) is 11.8 Å². The summed E-state index contributed by atoms with van der Waals surface area (Å²) in [6.45, 7) is 9.96. The topological polar surface area (TPSA) is 63.7 Å². The fourth-order valence-electron chi connectivity index (χ4n) is 3.95. The molecule has 0 unspecified atom stereocenters. The minimum absolute atomic E-state index is 0.176. The van der Waals surface area contributed by atoms with Crippen molar-refractivity contribution in [2.75, 3.05) is 12.0 Å². The summed E-state index contributed by atoms with van der Waals surface area (Å²) in [4.78, 5) is 41.3. The number of carbonyl (C=O) groups excluding carboxylic acids is 3. The smallest absolute Gasteiger partial charge is 0.350 e. The summed E-state index contributed by atoms with van der Waals surface area (Å²) in [5, 5.41) is 0. The van der Waals surface area contributed by atoms with E-state index in [4.69, 9.17) is 4.74 Å². The van der Waals surface area contributed by atoms with Crippen LogP contribution in [0.2, 0.25) is 0 Å². The third kappa shape index (κ3) is 5.91. The molecule has 0 spiro atoms. The van der Waals surface area contributed by atoms with E-state index >= 15 is 0 Å². The van der Waals surface area contributed by atoms with Gasteiger partial charge in [0.15, 0.2) is 0 Å². The zero-order valence-electron chi connectivity index (χ0n) is 20.2. The summed E-state index contributed by atoms with van der Waals surface area (Å²) >= 11 is 1.24. The largest absolute Gasteiger partial charge is 0.465 e. The Morgan fingerprint density at radius 3 is 2.36 bits per heavy atom. The molecule has 33 heavy (non-hydrogen) atoms. The van der Waals surface area contributed by atoms with Crippen LogP contribution in [-0.2, 0) is 9.53 Å². The van der Waals surface area contributed by atoms with Crippen molar-refractivity contribution in [1.82, 2.24) is 0 Å². The number of Topliss-reactive ketones (excluding diaryl/α,β-unsaturated/α-hetero) is 1. The Labute approximate surface area is 200 Å². The summed E-state index contributed by atoms with van der Waals surface area (Å²) in [5.41, 5.74) is 2.84. The van der Waals surface area contributed by atoms with Gasteiger partial charge in [0.2, 0.25) is 0 Å². The number of hydrogen-bond acceptors (Lipinski definition) is 5. The molecule has 0 aliphatic heterocycles. The van der Waals surface area contributed by atoms with E-state index in [9.17, 15) is 14.4 Å². The second-order valence-electron chi connectivity index (χ2n) is 9.58. The first-order chi connectivity index (χ1) is 15.5. The van der Waals surface area contributed by atoms with E-state index in [-0.39, 0.29) is 23.1 Å². The van der Waals surface area contributed by atoms with Crippen molar-refractivity contribution < 1.29 is 19.1 Å². The van der Waals surface area contributed by atoms with Crippen LogP contribution >= 0.6 is 11.3 Å². The van der Waals surface area contributed by atoms with Gasteiger partial charge in [0.1, 0.15) is 10.7 Å². The summed E-state index contributed by atoms with van der Waals surface area (Å²) in [5.74, 6) is 5.89. The fourth-order valence-corrected chi connectivity index (χ4v) is 4.87. The SMILES string of the molecule is COC(=O)c1sc(C#CC(C)(C)C)cc1N(C(=O)c1ccc(C)cc1C)C1CCC(=O)CC1. The first kappa shape index (κ1) is 24.7. The minimum atomic E-state index is -0.496. The van der Waals surface area contributed by atoms with E-state index in [1.165, 1.54) is 18.4 Å². The number of methoxy groups -OCH3 is 1. The standard InChI is InChI=1S/C27H31NO4S/c1-17-7-12-22(18(2)15-17)25(30)28(19-8-10-20(29)11-9-19)23-16-21(13-14-27(3,4)5)33-24(23)26(31)32-6/h7,12,15-16,19H,8-11H2,1-6H3. The van der Waals surface area contributed by atoms with Crippen molar-refractivity contribution in [1.29, 1.82) is 0 Å². The summed E-state index contributed by atoms with van der Waals surface area (Å²) in [6, 6.07) is 7.35. The first-order valence-electron chi connectivity index (χ1n) is 11.2. The molecule has 1 fully saturated rings. The Balaban J connectivity index is 2.15. The van der Waals surface area contributed by atoms with Gasteiger partial charge in [-0.2, -0.15) is 0 Å². The van der Waals surface area contributed by atoms with E-state index in [0.717, 1.165) is 11.1 Å². The van der Waals surface area contributed by atoms with Gasteiger partial charge in [0.05, 0.1) is 17.7 Å². The molecular formula is C27H31NO4S. The van der Waals surface area contributed by atoms with Crippen LogP contribution in [0.1, 0.15) is 82.5 Å². The van der Waals surface area contributed by atoms with E-state index < -0.39 is 5.97 Å². The number of thiophene rings is 1. The highest BCUT2D eigenvalue weighted by Crippen LogP contribution is 2.36. The van der Waals surface area contributed by atoms with E-state index in [1.807, 2.05) is 58.9 Å². The summed E-state index contributed by atoms with van der Waals surface area (Å²) in [6.07, 6.45) is 1.98. The first-order valence-corrected chi connectivity index (χ1v) is 12.0. The molecule has 0 N–H and O–H groups in total. The van der Waals surface area contributed by atoms with Crippen LogP contribution in [0.3, 0.4) is 0 Å². The molecule has 1 aliphatic rings. The molecule has 0 radical (unpaired) electrons. The van der Waals surface area contributed by atoms with Gasteiger partial charge < -0.3 is 9.64 Å². The van der Waals surface area contributed by atoms with Gasteiger partial charge in [-0.3, -0.25) is 9.59 Å². The third-order valence-electron chi connectivity index (χ3n) is 5.61. The molecule has 0 saturated heterocycles. The zero-order chi connectivity index (χ0) is 24.3. The van der Waals surface area contributed by atoms with Gasteiger partial charge in [0, 0.05) is 29.9 Å². The number of benzene rings is 1. The van der Waals surface area contributed by atoms with Crippen LogP contribution in [0.4, 0.5) is 5.69 Å². The lowest BCUT2D eigenvalue weighted by atomic mass is 9.91. The van der Waals surface area contributed by atoms with Crippen LogP contribution in [0.25, 0.3) is 0 Å². The number of ketones is 1. The predicted octanol–water partition coefficient (Wildman–Crippen LogP) is 5.71. The van der Waals surface area contributed by atoms with E-state index in [2.05, 4.69) is 11.8 Å². The average molecular weight is 466 g/mol. The van der Waals surface area contributed by atoms with Crippen LogP contribution in [-0.4, -0.2) is 30.8 Å². The second-order valence-corrected chi connectivity index (χ2v) is 10.6. The van der Waals surface area contributed by atoms with Gasteiger partial charge >= 0.3 is 5.97 Å². The molecule has 1 aliphatic carbocycles. The predicted molar refractivity (Wildman–Crippen MR) is 132 cm³/mol. The second kappa shape index (κ2) is 9.93. The highest BCUT2D eigenvalue weighted by molar-refractivity contribution is 7.15. The Bertz CT molecular complexity index is 1130. The molecule has 2 aromatic rings. The molecule has 1 heterocycles.